The van der Waals surface area contributed by atoms with Crippen molar-refractivity contribution in [2.75, 3.05) is 32.5 Å². The van der Waals surface area contributed by atoms with Crippen LogP contribution in [0.4, 0.5) is 0 Å². The Kier molecular flexibility index (Phi) is 6.84. The number of hydrogen-bond acceptors (Lipinski definition) is 5. The van der Waals surface area contributed by atoms with Gasteiger partial charge in [-0.15, -0.1) is 0 Å². The van der Waals surface area contributed by atoms with Crippen molar-refractivity contribution in [1.82, 2.24) is 14.9 Å². The standard InChI is InChI=1S/C11H18BrN3OS/c1-4-15(5-2)6-7-17-11-13-8-9(12)10(14-11)16-3/h8H,4-7H2,1-3H3. The second kappa shape index (κ2) is 7.89. The van der Waals surface area contributed by atoms with E-state index in [9.17, 15) is 0 Å². The van der Waals surface area contributed by atoms with Gasteiger partial charge in [0, 0.05) is 18.5 Å². The van der Waals surface area contributed by atoms with Gasteiger partial charge in [-0.05, 0) is 29.0 Å². The number of nitrogens with zero attached hydrogens (tertiary/aromatic N) is 3. The first-order chi connectivity index (χ1) is 8.21. The molecule has 0 aliphatic rings. The Morgan fingerprint density at radius 1 is 1.41 bits per heavy atom. The highest BCUT2D eigenvalue weighted by Gasteiger charge is 2.06. The molecule has 96 valence electrons. The van der Waals surface area contributed by atoms with Gasteiger partial charge in [0.1, 0.15) is 0 Å². The van der Waals surface area contributed by atoms with Crippen LogP contribution in [0, 0.1) is 0 Å². The number of methoxy groups -OCH3 is 1. The van der Waals surface area contributed by atoms with Gasteiger partial charge in [0.15, 0.2) is 5.16 Å². The molecular formula is C11H18BrN3OS. The van der Waals surface area contributed by atoms with Crippen LogP contribution in [-0.4, -0.2) is 47.4 Å². The Balaban J connectivity index is 2.46. The summed E-state index contributed by atoms with van der Waals surface area (Å²) in [6.07, 6.45) is 1.73. The van der Waals surface area contributed by atoms with Crippen LogP contribution in [0.5, 0.6) is 5.88 Å². The minimum atomic E-state index is 0.588. The van der Waals surface area contributed by atoms with E-state index in [-0.39, 0.29) is 0 Å². The summed E-state index contributed by atoms with van der Waals surface area (Å²) in [6, 6.07) is 0. The molecule has 0 radical (unpaired) electrons. The van der Waals surface area contributed by atoms with Crippen molar-refractivity contribution in [1.29, 1.82) is 0 Å². The van der Waals surface area contributed by atoms with Crippen molar-refractivity contribution in [3.8, 4) is 5.88 Å². The molecule has 0 saturated carbocycles. The summed E-state index contributed by atoms with van der Waals surface area (Å²) < 4.78 is 5.92. The predicted molar refractivity (Wildman–Crippen MR) is 74.8 cm³/mol. The van der Waals surface area contributed by atoms with E-state index in [2.05, 4.69) is 44.6 Å². The number of thioether (sulfide) groups is 1. The Morgan fingerprint density at radius 2 is 2.12 bits per heavy atom. The summed E-state index contributed by atoms with van der Waals surface area (Å²) in [7, 11) is 1.61. The first-order valence-corrected chi connectivity index (χ1v) is 7.40. The zero-order valence-corrected chi connectivity index (χ0v) is 12.8. The SMILES string of the molecule is CCN(CC)CCSc1ncc(Br)c(OC)n1. The first kappa shape index (κ1) is 14.7. The molecule has 17 heavy (non-hydrogen) atoms. The van der Waals surface area contributed by atoms with E-state index >= 15 is 0 Å². The molecule has 1 rings (SSSR count). The zero-order chi connectivity index (χ0) is 12.7. The Bertz CT molecular complexity index is 347. The maximum Gasteiger partial charge on any atom is 0.231 e. The van der Waals surface area contributed by atoms with Gasteiger partial charge >= 0.3 is 0 Å². The molecule has 0 unspecified atom stereocenters. The number of aromatic nitrogens is 2. The van der Waals surface area contributed by atoms with E-state index in [0.29, 0.717) is 5.88 Å². The number of ether oxygens (including phenoxy) is 1. The molecule has 1 heterocycles. The highest BCUT2D eigenvalue weighted by atomic mass is 79.9. The summed E-state index contributed by atoms with van der Waals surface area (Å²) in [5.41, 5.74) is 0. The molecule has 0 saturated heterocycles. The lowest BCUT2D eigenvalue weighted by molar-refractivity contribution is 0.323. The molecule has 0 aromatic carbocycles. The van der Waals surface area contributed by atoms with Crippen LogP contribution in [0.1, 0.15) is 13.8 Å². The van der Waals surface area contributed by atoms with Crippen LogP contribution in [0.15, 0.2) is 15.8 Å². The minimum Gasteiger partial charge on any atom is -0.480 e. The second-order valence-electron chi connectivity index (χ2n) is 3.39. The van der Waals surface area contributed by atoms with E-state index in [4.69, 9.17) is 4.74 Å². The summed E-state index contributed by atoms with van der Waals surface area (Å²) in [5, 5.41) is 0.761. The predicted octanol–water partition coefficient (Wildman–Crippen LogP) is 2.68. The van der Waals surface area contributed by atoms with Gasteiger partial charge in [0.05, 0.1) is 11.6 Å². The second-order valence-corrected chi connectivity index (χ2v) is 5.30. The maximum atomic E-state index is 5.13. The van der Waals surface area contributed by atoms with Crippen LogP contribution in [0.3, 0.4) is 0 Å². The summed E-state index contributed by atoms with van der Waals surface area (Å²) >= 11 is 4.99. The van der Waals surface area contributed by atoms with Crippen molar-refractivity contribution in [3.05, 3.63) is 10.7 Å². The molecule has 0 amide bonds. The third-order valence-electron chi connectivity index (χ3n) is 2.42. The number of halogens is 1. The van der Waals surface area contributed by atoms with E-state index < -0.39 is 0 Å². The van der Waals surface area contributed by atoms with Crippen molar-refractivity contribution in [2.45, 2.75) is 19.0 Å². The van der Waals surface area contributed by atoms with E-state index in [0.717, 1.165) is 35.0 Å². The van der Waals surface area contributed by atoms with E-state index in [1.165, 1.54) is 0 Å². The molecule has 1 aromatic rings. The molecule has 4 nitrogen and oxygen atoms in total. The zero-order valence-electron chi connectivity index (χ0n) is 10.4. The largest absolute Gasteiger partial charge is 0.480 e. The van der Waals surface area contributed by atoms with Crippen LogP contribution < -0.4 is 4.74 Å². The topological polar surface area (TPSA) is 38.2 Å². The van der Waals surface area contributed by atoms with E-state index in [1.54, 1.807) is 25.1 Å². The van der Waals surface area contributed by atoms with Crippen molar-refractivity contribution < 1.29 is 4.74 Å². The average molecular weight is 320 g/mol. The van der Waals surface area contributed by atoms with Crippen LogP contribution in [0.25, 0.3) is 0 Å². The summed E-state index contributed by atoms with van der Waals surface area (Å²) in [4.78, 5) is 10.9. The normalized spacial score (nSPS) is 10.9. The molecule has 0 aliphatic carbocycles. The van der Waals surface area contributed by atoms with Crippen LogP contribution in [0.2, 0.25) is 0 Å². The summed E-state index contributed by atoms with van der Waals surface area (Å²) in [6.45, 7) is 7.57. The maximum absolute atomic E-state index is 5.13. The first-order valence-electron chi connectivity index (χ1n) is 5.62. The van der Waals surface area contributed by atoms with Gasteiger partial charge in [-0.1, -0.05) is 25.6 Å². The third kappa shape index (κ3) is 4.81. The number of rotatable bonds is 7. The third-order valence-corrected chi connectivity index (χ3v) is 3.80. The van der Waals surface area contributed by atoms with Crippen molar-refractivity contribution >= 4 is 27.7 Å². The number of hydrogen-bond donors (Lipinski definition) is 0. The fraction of sp³-hybridized carbons (Fsp3) is 0.636. The fourth-order valence-corrected chi connectivity index (χ4v) is 2.51. The Hall–Kier alpha value is -0.330. The molecule has 6 heteroatoms. The summed E-state index contributed by atoms with van der Waals surface area (Å²) in [5.74, 6) is 1.58. The lowest BCUT2D eigenvalue weighted by Gasteiger charge is -2.16. The molecule has 1 aromatic heterocycles. The molecule has 0 aliphatic heterocycles. The Morgan fingerprint density at radius 3 is 2.71 bits per heavy atom. The molecular weight excluding hydrogens is 302 g/mol. The molecule has 0 fully saturated rings. The smallest absolute Gasteiger partial charge is 0.231 e. The van der Waals surface area contributed by atoms with E-state index in [1.807, 2.05) is 0 Å². The lowest BCUT2D eigenvalue weighted by Crippen LogP contribution is -2.25. The monoisotopic (exact) mass is 319 g/mol. The van der Waals surface area contributed by atoms with Crippen molar-refractivity contribution in [2.24, 2.45) is 0 Å². The highest BCUT2D eigenvalue weighted by molar-refractivity contribution is 9.10. The van der Waals surface area contributed by atoms with Gasteiger partial charge in [-0.2, -0.15) is 4.98 Å². The van der Waals surface area contributed by atoms with Gasteiger partial charge < -0.3 is 9.64 Å². The van der Waals surface area contributed by atoms with Gasteiger partial charge in [-0.25, -0.2) is 4.98 Å². The van der Waals surface area contributed by atoms with Gasteiger partial charge in [0.2, 0.25) is 5.88 Å². The average Bonchev–Trinajstić information content (AvgIpc) is 2.36. The fourth-order valence-electron chi connectivity index (χ4n) is 1.35. The molecule has 0 atom stereocenters. The van der Waals surface area contributed by atoms with Crippen LogP contribution in [-0.2, 0) is 0 Å². The highest BCUT2D eigenvalue weighted by Crippen LogP contribution is 2.24. The van der Waals surface area contributed by atoms with Crippen molar-refractivity contribution in [3.63, 3.8) is 0 Å². The Labute approximate surface area is 115 Å². The molecule has 0 bridgehead atoms. The van der Waals surface area contributed by atoms with Crippen LogP contribution >= 0.6 is 27.7 Å². The van der Waals surface area contributed by atoms with Gasteiger partial charge in [-0.3, -0.25) is 0 Å². The quantitative estimate of drug-likeness (QED) is 0.570. The minimum absolute atomic E-state index is 0.588. The lowest BCUT2D eigenvalue weighted by atomic mass is 10.5. The van der Waals surface area contributed by atoms with Gasteiger partial charge in [0.25, 0.3) is 0 Å². The molecule has 0 N–H and O–H groups in total. The molecule has 0 spiro atoms.